The van der Waals surface area contributed by atoms with Crippen molar-refractivity contribution in [2.24, 2.45) is 0 Å². The summed E-state index contributed by atoms with van der Waals surface area (Å²) in [4.78, 5) is 1.98. The van der Waals surface area contributed by atoms with E-state index in [4.69, 9.17) is 0 Å². The molecular weight excluding hydrogens is 191 g/mol. The topological polar surface area (TPSA) is 15.3 Å². The Balaban J connectivity index is 2.00. The molecular formula is C12H17FN2. The number of hydrogen-bond donors (Lipinski definition) is 1. The van der Waals surface area contributed by atoms with Crippen LogP contribution in [-0.2, 0) is 0 Å². The van der Waals surface area contributed by atoms with Gasteiger partial charge in [0, 0.05) is 19.6 Å². The molecule has 15 heavy (non-hydrogen) atoms. The zero-order valence-electron chi connectivity index (χ0n) is 9.04. The minimum absolute atomic E-state index is 0.141. The molecule has 0 radical (unpaired) electrons. The zero-order chi connectivity index (χ0) is 10.7. The van der Waals surface area contributed by atoms with Gasteiger partial charge in [-0.05, 0) is 31.5 Å². The second-order valence-corrected chi connectivity index (χ2v) is 4.13. The maximum atomic E-state index is 13.5. The molecule has 1 atom stereocenters. The summed E-state index contributed by atoms with van der Waals surface area (Å²) in [5.41, 5.74) is 0.686. The molecule has 2 rings (SSSR count). The molecule has 1 aliphatic rings. The molecule has 82 valence electrons. The number of nitrogens with zero attached hydrogens (tertiary/aromatic N) is 1. The van der Waals surface area contributed by atoms with Gasteiger partial charge in [0.2, 0.25) is 0 Å². The molecule has 0 amide bonds. The fourth-order valence-electron chi connectivity index (χ4n) is 2.10. The molecule has 1 aromatic rings. The average molecular weight is 208 g/mol. The third-order valence-electron chi connectivity index (χ3n) is 2.92. The summed E-state index contributed by atoms with van der Waals surface area (Å²) in [6.45, 7) is 1.97. The fourth-order valence-corrected chi connectivity index (χ4v) is 2.10. The number of halogens is 1. The van der Waals surface area contributed by atoms with E-state index in [-0.39, 0.29) is 5.82 Å². The van der Waals surface area contributed by atoms with Crippen molar-refractivity contribution >= 4 is 5.69 Å². The van der Waals surface area contributed by atoms with Crippen molar-refractivity contribution in [2.45, 2.75) is 18.9 Å². The van der Waals surface area contributed by atoms with Gasteiger partial charge in [-0.25, -0.2) is 4.39 Å². The molecule has 0 saturated carbocycles. The molecule has 3 heteroatoms. The van der Waals surface area contributed by atoms with Crippen molar-refractivity contribution in [3.8, 4) is 0 Å². The average Bonchev–Trinajstić information content (AvgIpc) is 2.71. The molecule has 1 fully saturated rings. The smallest absolute Gasteiger partial charge is 0.146 e. The Morgan fingerprint density at radius 2 is 2.27 bits per heavy atom. The van der Waals surface area contributed by atoms with Crippen LogP contribution in [0.25, 0.3) is 0 Å². The Morgan fingerprint density at radius 1 is 1.47 bits per heavy atom. The summed E-state index contributed by atoms with van der Waals surface area (Å²) in [5.74, 6) is -0.141. The highest BCUT2D eigenvalue weighted by Crippen LogP contribution is 2.18. The van der Waals surface area contributed by atoms with E-state index >= 15 is 0 Å². The predicted octanol–water partition coefficient (Wildman–Crippen LogP) is 2.01. The largest absolute Gasteiger partial charge is 0.371 e. The molecule has 0 bridgehead atoms. The van der Waals surface area contributed by atoms with Crippen molar-refractivity contribution in [2.75, 3.05) is 25.0 Å². The standard InChI is InChI=1S/C12H17FN2/c1-15(9-10-5-4-8-14-10)12-7-3-2-6-11(12)13/h2-3,6-7,10,14H,4-5,8-9H2,1H3/t10-/m1/s1. The highest BCUT2D eigenvalue weighted by molar-refractivity contribution is 5.46. The lowest BCUT2D eigenvalue weighted by Gasteiger charge is -2.23. The molecule has 1 N–H and O–H groups in total. The molecule has 2 nitrogen and oxygen atoms in total. The minimum Gasteiger partial charge on any atom is -0.371 e. The normalized spacial score (nSPS) is 20.5. The fraction of sp³-hybridized carbons (Fsp3) is 0.500. The lowest BCUT2D eigenvalue weighted by Crippen LogP contribution is -2.35. The van der Waals surface area contributed by atoms with Crippen LogP contribution < -0.4 is 10.2 Å². The van der Waals surface area contributed by atoms with E-state index in [9.17, 15) is 4.39 Å². The molecule has 0 aliphatic carbocycles. The highest BCUT2D eigenvalue weighted by atomic mass is 19.1. The number of benzene rings is 1. The maximum Gasteiger partial charge on any atom is 0.146 e. The van der Waals surface area contributed by atoms with Gasteiger partial charge in [0.1, 0.15) is 5.82 Å². The van der Waals surface area contributed by atoms with Crippen molar-refractivity contribution < 1.29 is 4.39 Å². The van der Waals surface area contributed by atoms with Gasteiger partial charge >= 0.3 is 0 Å². The van der Waals surface area contributed by atoms with Gasteiger partial charge in [-0.3, -0.25) is 0 Å². The summed E-state index contributed by atoms with van der Waals surface area (Å²) in [6, 6.07) is 7.44. The van der Waals surface area contributed by atoms with Crippen LogP contribution >= 0.6 is 0 Å². The number of likely N-dealkylation sites (N-methyl/N-ethyl adjacent to an activating group) is 1. The van der Waals surface area contributed by atoms with Crippen molar-refractivity contribution in [3.05, 3.63) is 30.1 Å². The molecule has 0 aromatic heterocycles. The lowest BCUT2D eigenvalue weighted by atomic mass is 10.2. The van der Waals surface area contributed by atoms with Crippen molar-refractivity contribution in [3.63, 3.8) is 0 Å². The van der Waals surface area contributed by atoms with E-state index in [1.165, 1.54) is 18.9 Å². The van der Waals surface area contributed by atoms with Gasteiger partial charge in [0.05, 0.1) is 5.69 Å². The van der Waals surface area contributed by atoms with Crippen molar-refractivity contribution in [1.82, 2.24) is 5.32 Å². The molecule has 0 spiro atoms. The van der Waals surface area contributed by atoms with E-state index in [2.05, 4.69) is 5.32 Å². The van der Waals surface area contributed by atoms with Crippen LogP contribution in [0.1, 0.15) is 12.8 Å². The Hall–Kier alpha value is -1.09. The number of anilines is 1. The van der Waals surface area contributed by atoms with Gasteiger partial charge in [-0.15, -0.1) is 0 Å². The summed E-state index contributed by atoms with van der Waals surface area (Å²) >= 11 is 0. The number of hydrogen-bond acceptors (Lipinski definition) is 2. The van der Waals surface area contributed by atoms with Crippen LogP contribution in [0.3, 0.4) is 0 Å². The van der Waals surface area contributed by atoms with Crippen LogP contribution in [0.2, 0.25) is 0 Å². The zero-order valence-corrected chi connectivity index (χ0v) is 9.04. The number of rotatable bonds is 3. The van der Waals surface area contributed by atoms with E-state index in [1.807, 2.05) is 24.1 Å². The summed E-state index contributed by atoms with van der Waals surface area (Å²) in [7, 11) is 1.94. The van der Waals surface area contributed by atoms with Crippen LogP contribution in [0.5, 0.6) is 0 Å². The van der Waals surface area contributed by atoms with E-state index in [1.54, 1.807) is 6.07 Å². The van der Waals surface area contributed by atoms with Gasteiger partial charge in [0.15, 0.2) is 0 Å². The maximum absolute atomic E-state index is 13.5. The minimum atomic E-state index is -0.141. The molecule has 1 heterocycles. The number of nitrogens with one attached hydrogen (secondary N) is 1. The lowest BCUT2D eigenvalue weighted by molar-refractivity contribution is 0.582. The van der Waals surface area contributed by atoms with Crippen molar-refractivity contribution in [1.29, 1.82) is 0 Å². The van der Waals surface area contributed by atoms with Gasteiger partial charge < -0.3 is 10.2 Å². The second-order valence-electron chi connectivity index (χ2n) is 4.13. The first-order valence-electron chi connectivity index (χ1n) is 5.46. The Labute approximate surface area is 90.1 Å². The predicted molar refractivity (Wildman–Crippen MR) is 60.7 cm³/mol. The second kappa shape index (κ2) is 4.62. The number of para-hydroxylation sites is 1. The van der Waals surface area contributed by atoms with Gasteiger partial charge in [-0.2, -0.15) is 0 Å². The Kier molecular flexibility index (Phi) is 3.21. The third-order valence-corrected chi connectivity index (χ3v) is 2.92. The Morgan fingerprint density at radius 3 is 2.93 bits per heavy atom. The summed E-state index contributed by atoms with van der Waals surface area (Å²) in [6.07, 6.45) is 2.43. The monoisotopic (exact) mass is 208 g/mol. The van der Waals surface area contributed by atoms with Crippen LogP contribution in [0.15, 0.2) is 24.3 Å². The quantitative estimate of drug-likeness (QED) is 0.817. The van der Waals surface area contributed by atoms with Gasteiger partial charge in [-0.1, -0.05) is 12.1 Å². The summed E-state index contributed by atoms with van der Waals surface area (Å²) < 4.78 is 13.5. The molecule has 0 unspecified atom stereocenters. The van der Waals surface area contributed by atoms with E-state index in [0.717, 1.165) is 13.1 Å². The van der Waals surface area contributed by atoms with E-state index in [0.29, 0.717) is 11.7 Å². The first-order valence-corrected chi connectivity index (χ1v) is 5.46. The first kappa shape index (κ1) is 10.4. The molecule has 1 aliphatic heterocycles. The van der Waals surface area contributed by atoms with Crippen LogP contribution in [0, 0.1) is 5.82 Å². The van der Waals surface area contributed by atoms with Crippen LogP contribution in [0.4, 0.5) is 10.1 Å². The third kappa shape index (κ3) is 2.48. The molecule has 1 aromatic carbocycles. The first-order chi connectivity index (χ1) is 7.27. The van der Waals surface area contributed by atoms with Gasteiger partial charge in [0.25, 0.3) is 0 Å². The molecule has 1 saturated heterocycles. The van der Waals surface area contributed by atoms with E-state index < -0.39 is 0 Å². The summed E-state index contributed by atoms with van der Waals surface area (Å²) in [5, 5.41) is 3.41. The Bertz CT molecular complexity index is 321. The SMILES string of the molecule is CN(C[C@H]1CCCN1)c1ccccc1F. The van der Waals surface area contributed by atoms with Crippen LogP contribution in [-0.4, -0.2) is 26.2 Å². The highest BCUT2D eigenvalue weighted by Gasteiger charge is 2.17.